The Balaban J connectivity index is 1.62. The molecule has 1 atom stereocenters. The molecule has 0 fully saturated rings. The van der Waals surface area contributed by atoms with E-state index in [1.807, 2.05) is 18.2 Å². The number of alkyl halides is 3. The average molecular weight is 339 g/mol. The summed E-state index contributed by atoms with van der Waals surface area (Å²) in [5.74, 6) is 1.58. The molecule has 24 heavy (non-hydrogen) atoms. The molecular formula is C16H16F3N3O2. The second kappa shape index (κ2) is 6.54. The summed E-state index contributed by atoms with van der Waals surface area (Å²) in [5.41, 5.74) is 0.0798. The fraction of sp³-hybridized carbons (Fsp3) is 0.375. The second-order valence-electron chi connectivity index (χ2n) is 5.50. The lowest BCUT2D eigenvalue weighted by atomic mass is 9.96. The first-order valence-electron chi connectivity index (χ1n) is 7.39. The smallest absolute Gasteiger partial charge is 0.433 e. The number of fused-ring (bicyclic) bond motifs is 1. The molecule has 2 aromatic rings. The Morgan fingerprint density at radius 3 is 2.92 bits per heavy atom. The van der Waals surface area contributed by atoms with Crippen LogP contribution in [0.25, 0.3) is 0 Å². The first kappa shape index (κ1) is 16.4. The van der Waals surface area contributed by atoms with Gasteiger partial charge in [0.15, 0.2) is 0 Å². The summed E-state index contributed by atoms with van der Waals surface area (Å²) in [6.07, 6.45) is -2.63. The van der Waals surface area contributed by atoms with Crippen molar-refractivity contribution in [1.82, 2.24) is 9.97 Å². The normalized spacial score (nSPS) is 16.9. The number of nitrogens with one attached hydrogen (secondary N) is 1. The lowest BCUT2D eigenvalue weighted by Crippen LogP contribution is -2.28. The van der Waals surface area contributed by atoms with Gasteiger partial charge in [-0.25, -0.2) is 9.97 Å². The van der Waals surface area contributed by atoms with E-state index >= 15 is 0 Å². The molecule has 0 aliphatic carbocycles. The summed E-state index contributed by atoms with van der Waals surface area (Å²) in [4.78, 5) is 7.32. The van der Waals surface area contributed by atoms with Crippen molar-refractivity contribution in [3.05, 3.63) is 41.7 Å². The largest absolute Gasteiger partial charge is 0.497 e. The predicted molar refractivity (Wildman–Crippen MR) is 81.2 cm³/mol. The fourth-order valence-electron chi connectivity index (χ4n) is 2.51. The van der Waals surface area contributed by atoms with E-state index in [-0.39, 0.29) is 11.9 Å². The van der Waals surface area contributed by atoms with Crippen molar-refractivity contribution >= 4 is 5.95 Å². The van der Waals surface area contributed by atoms with Gasteiger partial charge in [-0.3, -0.25) is 0 Å². The van der Waals surface area contributed by atoms with Crippen molar-refractivity contribution in [3.63, 3.8) is 0 Å². The van der Waals surface area contributed by atoms with Gasteiger partial charge in [0, 0.05) is 24.7 Å². The molecule has 0 saturated heterocycles. The molecule has 128 valence electrons. The molecule has 0 radical (unpaired) electrons. The van der Waals surface area contributed by atoms with E-state index in [0.717, 1.165) is 35.7 Å². The van der Waals surface area contributed by atoms with Crippen LogP contribution in [0.3, 0.4) is 0 Å². The number of halogens is 3. The van der Waals surface area contributed by atoms with Crippen molar-refractivity contribution < 1.29 is 22.6 Å². The van der Waals surface area contributed by atoms with Crippen molar-refractivity contribution in [2.45, 2.75) is 12.6 Å². The Kier molecular flexibility index (Phi) is 4.46. The number of hydrogen-bond acceptors (Lipinski definition) is 5. The number of methoxy groups -OCH3 is 1. The van der Waals surface area contributed by atoms with Gasteiger partial charge < -0.3 is 14.8 Å². The summed E-state index contributed by atoms with van der Waals surface area (Å²) in [7, 11) is 1.59. The summed E-state index contributed by atoms with van der Waals surface area (Å²) < 4.78 is 48.8. The van der Waals surface area contributed by atoms with Gasteiger partial charge in [0.25, 0.3) is 0 Å². The summed E-state index contributed by atoms with van der Waals surface area (Å²) >= 11 is 0. The van der Waals surface area contributed by atoms with Crippen LogP contribution in [0.4, 0.5) is 19.1 Å². The predicted octanol–water partition coefficient (Wildman–Crippen LogP) is 3.17. The second-order valence-corrected chi connectivity index (χ2v) is 5.50. The van der Waals surface area contributed by atoms with Gasteiger partial charge in [-0.1, -0.05) is 6.07 Å². The Labute approximate surface area is 136 Å². The number of nitrogens with zero attached hydrogens (tertiary/aromatic N) is 2. The van der Waals surface area contributed by atoms with E-state index < -0.39 is 11.9 Å². The maximum Gasteiger partial charge on any atom is 0.433 e. The SMILES string of the molecule is COc1ccc2c(c1)OCC(CNc1nccc(C(F)(F)F)n1)C2. The zero-order valence-corrected chi connectivity index (χ0v) is 12.9. The highest BCUT2D eigenvalue weighted by atomic mass is 19.4. The van der Waals surface area contributed by atoms with E-state index in [4.69, 9.17) is 9.47 Å². The van der Waals surface area contributed by atoms with Crippen LogP contribution in [0, 0.1) is 5.92 Å². The van der Waals surface area contributed by atoms with Crippen LogP contribution in [-0.4, -0.2) is 30.2 Å². The fourth-order valence-corrected chi connectivity index (χ4v) is 2.51. The minimum atomic E-state index is -4.48. The Morgan fingerprint density at radius 1 is 1.33 bits per heavy atom. The minimum absolute atomic E-state index is 0.0367. The zero-order chi connectivity index (χ0) is 17.2. The van der Waals surface area contributed by atoms with E-state index in [1.54, 1.807) is 7.11 Å². The van der Waals surface area contributed by atoms with E-state index in [9.17, 15) is 13.2 Å². The van der Waals surface area contributed by atoms with Gasteiger partial charge in [0.1, 0.15) is 17.2 Å². The summed E-state index contributed by atoms with van der Waals surface area (Å²) in [6, 6.07) is 6.46. The van der Waals surface area contributed by atoms with Crippen LogP contribution in [0.15, 0.2) is 30.5 Å². The Morgan fingerprint density at radius 2 is 2.17 bits per heavy atom. The maximum atomic E-state index is 12.6. The highest BCUT2D eigenvalue weighted by molar-refractivity contribution is 5.42. The number of rotatable bonds is 4. The minimum Gasteiger partial charge on any atom is -0.497 e. The number of anilines is 1. The van der Waals surface area contributed by atoms with Crippen LogP contribution < -0.4 is 14.8 Å². The monoisotopic (exact) mass is 339 g/mol. The van der Waals surface area contributed by atoms with E-state index in [0.29, 0.717) is 13.2 Å². The van der Waals surface area contributed by atoms with Gasteiger partial charge in [-0.15, -0.1) is 0 Å². The molecule has 0 amide bonds. The number of benzene rings is 1. The molecule has 2 heterocycles. The number of ether oxygens (including phenoxy) is 2. The molecule has 1 unspecified atom stereocenters. The van der Waals surface area contributed by atoms with Crippen LogP contribution >= 0.6 is 0 Å². The molecule has 1 N–H and O–H groups in total. The highest BCUT2D eigenvalue weighted by Crippen LogP contribution is 2.31. The van der Waals surface area contributed by atoms with E-state index in [2.05, 4.69) is 15.3 Å². The van der Waals surface area contributed by atoms with Crippen LogP contribution in [0.2, 0.25) is 0 Å². The lowest BCUT2D eigenvalue weighted by molar-refractivity contribution is -0.141. The highest BCUT2D eigenvalue weighted by Gasteiger charge is 2.32. The molecule has 8 heteroatoms. The van der Waals surface area contributed by atoms with Gasteiger partial charge in [0.05, 0.1) is 13.7 Å². The average Bonchev–Trinajstić information content (AvgIpc) is 2.59. The Hall–Kier alpha value is -2.51. The van der Waals surface area contributed by atoms with Crippen LogP contribution in [-0.2, 0) is 12.6 Å². The van der Waals surface area contributed by atoms with Crippen molar-refractivity contribution in [1.29, 1.82) is 0 Å². The van der Waals surface area contributed by atoms with Gasteiger partial charge >= 0.3 is 6.18 Å². The van der Waals surface area contributed by atoms with Crippen molar-refractivity contribution in [2.75, 3.05) is 25.6 Å². The maximum absolute atomic E-state index is 12.6. The first-order chi connectivity index (χ1) is 11.5. The van der Waals surface area contributed by atoms with Crippen molar-refractivity contribution in [3.8, 4) is 11.5 Å². The van der Waals surface area contributed by atoms with Crippen LogP contribution in [0.5, 0.6) is 11.5 Å². The van der Waals surface area contributed by atoms with E-state index in [1.165, 1.54) is 0 Å². The molecule has 0 bridgehead atoms. The molecule has 1 aliphatic heterocycles. The van der Waals surface area contributed by atoms with Gasteiger partial charge in [-0.2, -0.15) is 13.2 Å². The lowest BCUT2D eigenvalue weighted by Gasteiger charge is -2.25. The molecule has 3 rings (SSSR count). The zero-order valence-electron chi connectivity index (χ0n) is 12.9. The molecule has 1 aliphatic rings. The molecule has 0 saturated carbocycles. The number of hydrogen-bond donors (Lipinski definition) is 1. The quantitative estimate of drug-likeness (QED) is 0.927. The topological polar surface area (TPSA) is 56.3 Å². The Bertz CT molecular complexity index is 722. The third-order valence-corrected chi connectivity index (χ3v) is 3.75. The van der Waals surface area contributed by atoms with Gasteiger partial charge in [0.2, 0.25) is 5.95 Å². The summed E-state index contributed by atoms with van der Waals surface area (Å²) in [5, 5.41) is 2.85. The standard InChI is InChI=1S/C16H16F3N3O2/c1-23-12-3-2-11-6-10(9-24-13(11)7-12)8-21-15-20-5-4-14(22-15)16(17,18)19/h2-5,7,10H,6,8-9H2,1H3,(H,20,21,22). The molecular weight excluding hydrogens is 323 g/mol. The molecule has 1 aromatic carbocycles. The van der Waals surface area contributed by atoms with Gasteiger partial charge in [-0.05, 0) is 24.1 Å². The third-order valence-electron chi connectivity index (χ3n) is 3.75. The van der Waals surface area contributed by atoms with Crippen molar-refractivity contribution in [2.24, 2.45) is 5.92 Å². The van der Waals surface area contributed by atoms with Crippen LogP contribution in [0.1, 0.15) is 11.3 Å². The molecule has 1 aromatic heterocycles. The first-order valence-corrected chi connectivity index (χ1v) is 7.39. The molecule has 0 spiro atoms. The summed E-state index contributed by atoms with van der Waals surface area (Å²) in [6.45, 7) is 0.888. The molecule has 5 nitrogen and oxygen atoms in total. The number of aromatic nitrogens is 2. The third kappa shape index (κ3) is 3.69.